The summed E-state index contributed by atoms with van der Waals surface area (Å²) in [6, 6.07) is 6.55. The van der Waals surface area contributed by atoms with Crippen LogP contribution in [0.25, 0.3) is 0 Å². The predicted molar refractivity (Wildman–Crippen MR) is 57.3 cm³/mol. The Morgan fingerprint density at radius 3 is 2.53 bits per heavy atom. The largest absolute Gasteiger partial charge is 0.390 e. The second-order valence-electron chi connectivity index (χ2n) is 3.56. The van der Waals surface area contributed by atoms with Crippen LogP contribution in [0.1, 0.15) is 22.3 Å². The van der Waals surface area contributed by atoms with Gasteiger partial charge in [0.15, 0.2) is 0 Å². The van der Waals surface area contributed by atoms with Gasteiger partial charge in [0.25, 0.3) is 0 Å². The molecule has 1 aromatic rings. The summed E-state index contributed by atoms with van der Waals surface area (Å²) in [5, 5.41) is 2.63. The number of carbonyl (C=O) groups excluding carboxylic acids is 1. The molecule has 0 aliphatic rings. The molecular weight excluding hydrogens is 233 g/mol. The predicted octanol–water partition coefficient (Wildman–Crippen LogP) is 1.83. The summed E-state index contributed by atoms with van der Waals surface area (Å²) in [6.07, 6.45) is -5.07. The lowest BCUT2D eigenvalue weighted by atomic mass is 10.1. The number of hydrogen-bond acceptors (Lipinski definition) is 2. The number of benzene rings is 1. The molecule has 3 N–H and O–H groups in total. The molecule has 0 aliphatic carbocycles. The van der Waals surface area contributed by atoms with Gasteiger partial charge in [-0.3, -0.25) is 4.79 Å². The Morgan fingerprint density at radius 1 is 1.29 bits per heavy atom. The lowest BCUT2D eigenvalue weighted by Gasteiger charge is -2.09. The van der Waals surface area contributed by atoms with Crippen LogP contribution in [0.4, 0.5) is 13.2 Å². The second kappa shape index (κ2) is 5.67. The van der Waals surface area contributed by atoms with Gasteiger partial charge in [-0.1, -0.05) is 18.2 Å². The molecule has 0 bridgehead atoms. The molecule has 1 rings (SSSR count). The Hall–Kier alpha value is -1.56. The lowest BCUT2D eigenvalue weighted by Crippen LogP contribution is -2.23. The number of amides is 1. The Bertz CT molecular complexity index is 391. The molecule has 6 heteroatoms. The molecule has 0 aliphatic heterocycles. The van der Waals surface area contributed by atoms with Crippen molar-refractivity contribution in [3.63, 3.8) is 0 Å². The molecule has 17 heavy (non-hydrogen) atoms. The monoisotopic (exact) mass is 246 g/mol. The van der Waals surface area contributed by atoms with E-state index < -0.39 is 18.5 Å². The maximum absolute atomic E-state index is 11.9. The van der Waals surface area contributed by atoms with Crippen molar-refractivity contribution in [2.24, 2.45) is 5.73 Å². The smallest absolute Gasteiger partial charge is 0.366 e. The van der Waals surface area contributed by atoms with Crippen LogP contribution in [-0.2, 0) is 6.54 Å². The first-order chi connectivity index (χ1) is 7.90. The molecule has 3 nitrogen and oxygen atoms in total. The SMILES string of the molecule is NC(=O)c1ccccc1CNCCC(F)(F)F. The topological polar surface area (TPSA) is 55.1 Å². The lowest BCUT2D eigenvalue weighted by molar-refractivity contribution is -0.133. The average molecular weight is 246 g/mol. The summed E-state index contributed by atoms with van der Waals surface area (Å²) in [7, 11) is 0. The Kier molecular flexibility index (Phi) is 4.51. The normalized spacial score (nSPS) is 11.5. The van der Waals surface area contributed by atoms with Crippen molar-refractivity contribution in [3.8, 4) is 0 Å². The molecule has 94 valence electrons. The maximum atomic E-state index is 11.9. The van der Waals surface area contributed by atoms with Crippen molar-refractivity contribution >= 4 is 5.91 Å². The summed E-state index contributed by atoms with van der Waals surface area (Å²) in [6.45, 7) is 0.00574. The summed E-state index contributed by atoms with van der Waals surface area (Å²) in [5.41, 5.74) is 6.07. The van der Waals surface area contributed by atoms with E-state index in [9.17, 15) is 18.0 Å². The zero-order chi connectivity index (χ0) is 12.9. The highest BCUT2D eigenvalue weighted by atomic mass is 19.4. The third-order valence-electron chi connectivity index (χ3n) is 2.18. The zero-order valence-electron chi connectivity index (χ0n) is 9.05. The molecule has 1 amide bonds. The van der Waals surface area contributed by atoms with E-state index in [4.69, 9.17) is 5.73 Å². The van der Waals surface area contributed by atoms with Gasteiger partial charge >= 0.3 is 6.18 Å². The van der Waals surface area contributed by atoms with Gasteiger partial charge in [0.2, 0.25) is 5.91 Å². The van der Waals surface area contributed by atoms with Crippen LogP contribution in [0.3, 0.4) is 0 Å². The molecule has 0 saturated carbocycles. The molecule has 0 spiro atoms. The minimum atomic E-state index is -4.17. The van der Waals surface area contributed by atoms with Crippen LogP contribution < -0.4 is 11.1 Å². The summed E-state index contributed by atoms with van der Waals surface area (Å²) >= 11 is 0. The standard InChI is InChI=1S/C11H13F3N2O/c12-11(13,14)5-6-16-7-8-3-1-2-4-9(8)10(15)17/h1-4,16H,5-7H2,(H2,15,17). The van der Waals surface area contributed by atoms with E-state index >= 15 is 0 Å². The molecule has 0 heterocycles. The van der Waals surface area contributed by atoms with Crippen LogP contribution in [0, 0.1) is 0 Å². The highest BCUT2D eigenvalue weighted by Crippen LogP contribution is 2.18. The number of halogens is 3. The van der Waals surface area contributed by atoms with Crippen LogP contribution >= 0.6 is 0 Å². The van der Waals surface area contributed by atoms with E-state index in [0.29, 0.717) is 11.1 Å². The van der Waals surface area contributed by atoms with Crippen molar-refractivity contribution < 1.29 is 18.0 Å². The van der Waals surface area contributed by atoms with E-state index in [1.807, 2.05) is 0 Å². The molecule has 0 fully saturated rings. The van der Waals surface area contributed by atoms with E-state index in [-0.39, 0.29) is 13.1 Å². The third-order valence-corrected chi connectivity index (χ3v) is 2.18. The van der Waals surface area contributed by atoms with Crippen LogP contribution in [0.15, 0.2) is 24.3 Å². The average Bonchev–Trinajstić information content (AvgIpc) is 2.23. The number of hydrogen-bond donors (Lipinski definition) is 2. The van der Waals surface area contributed by atoms with Crippen molar-refractivity contribution in [2.45, 2.75) is 19.1 Å². The molecule has 0 aromatic heterocycles. The molecule has 0 saturated heterocycles. The molecule has 0 unspecified atom stereocenters. The van der Waals surface area contributed by atoms with Gasteiger partial charge in [-0.05, 0) is 11.6 Å². The van der Waals surface area contributed by atoms with Crippen LogP contribution in [0.2, 0.25) is 0 Å². The number of nitrogens with one attached hydrogen (secondary N) is 1. The molecular formula is C11H13F3N2O. The van der Waals surface area contributed by atoms with Gasteiger partial charge < -0.3 is 11.1 Å². The van der Waals surface area contributed by atoms with Gasteiger partial charge in [0.1, 0.15) is 0 Å². The first-order valence-electron chi connectivity index (χ1n) is 5.05. The fourth-order valence-corrected chi connectivity index (χ4v) is 1.37. The van der Waals surface area contributed by atoms with Crippen LogP contribution in [0.5, 0.6) is 0 Å². The van der Waals surface area contributed by atoms with E-state index in [1.165, 1.54) is 0 Å². The fraction of sp³-hybridized carbons (Fsp3) is 0.364. The first kappa shape index (κ1) is 13.5. The Labute approximate surface area is 96.8 Å². The quantitative estimate of drug-likeness (QED) is 0.779. The highest BCUT2D eigenvalue weighted by molar-refractivity contribution is 5.94. The van der Waals surface area contributed by atoms with Crippen molar-refractivity contribution in [3.05, 3.63) is 35.4 Å². The summed E-state index contributed by atoms with van der Waals surface area (Å²) in [4.78, 5) is 11.0. The minimum Gasteiger partial charge on any atom is -0.366 e. The number of alkyl halides is 3. The summed E-state index contributed by atoms with van der Waals surface area (Å²) in [5.74, 6) is -0.585. The minimum absolute atomic E-state index is 0.184. The number of carbonyl (C=O) groups is 1. The van der Waals surface area contributed by atoms with E-state index in [0.717, 1.165) is 0 Å². The number of rotatable bonds is 5. The van der Waals surface area contributed by atoms with Gasteiger partial charge in [-0.2, -0.15) is 13.2 Å². The zero-order valence-corrected chi connectivity index (χ0v) is 9.05. The van der Waals surface area contributed by atoms with E-state index in [2.05, 4.69) is 5.32 Å². The number of primary amides is 1. The van der Waals surface area contributed by atoms with Gasteiger partial charge in [0, 0.05) is 18.7 Å². The van der Waals surface area contributed by atoms with E-state index in [1.54, 1.807) is 24.3 Å². The fourth-order valence-electron chi connectivity index (χ4n) is 1.37. The Balaban J connectivity index is 2.49. The second-order valence-corrected chi connectivity index (χ2v) is 3.56. The molecule has 1 aromatic carbocycles. The van der Waals surface area contributed by atoms with Gasteiger partial charge in [-0.15, -0.1) is 0 Å². The van der Waals surface area contributed by atoms with Crippen molar-refractivity contribution in [1.29, 1.82) is 0 Å². The molecule has 0 radical (unpaired) electrons. The first-order valence-corrected chi connectivity index (χ1v) is 5.05. The van der Waals surface area contributed by atoms with Crippen LogP contribution in [-0.4, -0.2) is 18.6 Å². The third kappa shape index (κ3) is 4.86. The van der Waals surface area contributed by atoms with Crippen molar-refractivity contribution in [2.75, 3.05) is 6.54 Å². The highest BCUT2D eigenvalue weighted by Gasteiger charge is 2.25. The van der Waals surface area contributed by atoms with Gasteiger partial charge in [-0.25, -0.2) is 0 Å². The maximum Gasteiger partial charge on any atom is 0.390 e. The van der Waals surface area contributed by atoms with Gasteiger partial charge in [0.05, 0.1) is 6.42 Å². The summed E-state index contributed by atoms with van der Waals surface area (Å²) < 4.78 is 35.6. The van der Waals surface area contributed by atoms with Crippen molar-refractivity contribution in [1.82, 2.24) is 5.32 Å². The number of nitrogens with two attached hydrogens (primary N) is 1. The Morgan fingerprint density at radius 2 is 1.94 bits per heavy atom. The molecule has 0 atom stereocenters.